The van der Waals surface area contributed by atoms with Crippen molar-refractivity contribution in [3.63, 3.8) is 0 Å². The Morgan fingerprint density at radius 1 is 1.33 bits per heavy atom. The monoisotopic (exact) mass is 379 g/mol. The summed E-state index contributed by atoms with van der Waals surface area (Å²) in [6, 6.07) is 4.94. The van der Waals surface area contributed by atoms with Crippen LogP contribution in [0.5, 0.6) is 0 Å². The molecule has 2 rings (SSSR count). The second-order valence-corrected chi connectivity index (χ2v) is 8.37. The lowest BCUT2D eigenvalue weighted by molar-refractivity contribution is -0.115. The van der Waals surface area contributed by atoms with Crippen LogP contribution in [0.15, 0.2) is 26.9 Å². The lowest BCUT2D eigenvalue weighted by Gasteiger charge is -2.11. The smallest absolute Gasteiger partial charge is 0.237 e. The van der Waals surface area contributed by atoms with E-state index in [1.54, 1.807) is 25.1 Å². The predicted molar refractivity (Wildman–Crippen MR) is 92.1 cm³/mol. The van der Waals surface area contributed by atoms with Gasteiger partial charge in [-0.3, -0.25) is 4.79 Å². The van der Waals surface area contributed by atoms with Gasteiger partial charge < -0.3 is 5.32 Å². The molecule has 1 N–H and O–H groups in total. The van der Waals surface area contributed by atoms with Crippen LogP contribution >= 0.6 is 58.1 Å². The Hall–Kier alpha value is -0.470. The van der Waals surface area contributed by atoms with E-state index >= 15 is 0 Å². The summed E-state index contributed by atoms with van der Waals surface area (Å²) in [5.41, 5.74) is 0.503. The fraction of sp³-hybridized carbons (Fsp3) is 0.250. The number of thioether (sulfide) groups is 2. The molecular weight excluding hydrogens is 369 g/mol. The van der Waals surface area contributed by atoms with Crippen molar-refractivity contribution in [1.82, 2.24) is 10.2 Å². The van der Waals surface area contributed by atoms with Gasteiger partial charge in [-0.25, -0.2) is 0 Å². The van der Waals surface area contributed by atoms with Crippen molar-refractivity contribution in [2.75, 3.05) is 11.6 Å². The van der Waals surface area contributed by atoms with E-state index in [4.69, 9.17) is 23.2 Å². The number of hydrogen-bond acceptors (Lipinski definition) is 6. The molecule has 0 spiro atoms. The number of amides is 1. The average molecular weight is 380 g/mol. The molecule has 0 aliphatic heterocycles. The quantitative estimate of drug-likeness (QED) is 0.763. The number of carbonyl (C=O) groups excluding carboxylic acids is 1. The molecule has 1 atom stereocenters. The number of anilines is 1. The van der Waals surface area contributed by atoms with Gasteiger partial charge in [-0.2, -0.15) is 0 Å². The molecule has 9 heteroatoms. The van der Waals surface area contributed by atoms with Gasteiger partial charge in [-0.15, -0.1) is 10.2 Å². The highest BCUT2D eigenvalue weighted by Crippen LogP contribution is 2.31. The number of aromatic nitrogens is 2. The summed E-state index contributed by atoms with van der Waals surface area (Å²) in [5, 5.41) is 11.4. The molecule has 1 amide bonds. The normalized spacial score (nSPS) is 12.2. The minimum absolute atomic E-state index is 0.162. The summed E-state index contributed by atoms with van der Waals surface area (Å²) < 4.78 is 1.64. The van der Waals surface area contributed by atoms with Gasteiger partial charge in [0.15, 0.2) is 8.68 Å². The highest BCUT2D eigenvalue weighted by atomic mass is 35.5. The Bertz CT molecular complexity index is 650. The van der Waals surface area contributed by atoms with Crippen LogP contribution in [0.25, 0.3) is 0 Å². The molecule has 0 bridgehead atoms. The van der Waals surface area contributed by atoms with Crippen LogP contribution in [0.1, 0.15) is 6.92 Å². The molecule has 0 saturated heterocycles. The third-order valence-corrected chi connectivity index (χ3v) is 6.04. The lowest BCUT2D eigenvalue weighted by atomic mass is 10.3. The molecule has 112 valence electrons. The third-order valence-electron chi connectivity index (χ3n) is 2.40. The Labute approximate surface area is 145 Å². The molecule has 1 aromatic heterocycles. The number of carbonyl (C=O) groups is 1. The fourth-order valence-electron chi connectivity index (χ4n) is 1.36. The topological polar surface area (TPSA) is 54.9 Å². The van der Waals surface area contributed by atoms with Gasteiger partial charge in [-0.05, 0) is 31.4 Å². The number of nitrogens with one attached hydrogen (secondary N) is 1. The summed E-state index contributed by atoms with van der Waals surface area (Å²) in [6.07, 6.45) is 1.94. The minimum Gasteiger partial charge on any atom is -0.324 e. The second kappa shape index (κ2) is 7.69. The van der Waals surface area contributed by atoms with Gasteiger partial charge in [0, 0.05) is 5.02 Å². The van der Waals surface area contributed by atoms with Crippen LogP contribution in [0.2, 0.25) is 10.0 Å². The van der Waals surface area contributed by atoms with Crippen LogP contribution in [0.4, 0.5) is 5.69 Å². The molecule has 2 aromatic rings. The van der Waals surface area contributed by atoms with E-state index in [0.29, 0.717) is 15.7 Å². The Morgan fingerprint density at radius 3 is 2.71 bits per heavy atom. The van der Waals surface area contributed by atoms with Crippen LogP contribution < -0.4 is 5.32 Å². The van der Waals surface area contributed by atoms with Gasteiger partial charge in [0.05, 0.1) is 16.0 Å². The first kappa shape index (κ1) is 16.9. The summed E-state index contributed by atoms with van der Waals surface area (Å²) >= 11 is 16.3. The number of hydrogen-bond donors (Lipinski definition) is 1. The highest BCUT2D eigenvalue weighted by molar-refractivity contribution is 8.03. The van der Waals surface area contributed by atoms with E-state index in [1.165, 1.54) is 34.9 Å². The first-order valence-electron chi connectivity index (χ1n) is 5.79. The predicted octanol–water partition coefficient (Wildman–Crippen LogP) is 4.69. The molecule has 0 aliphatic carbocycles. The number of nitrogens with zero attached hydrogens (tertiary/aromatic N) is 2. The molecule has 4 nitrogen and oxygen atoms in total. The largest absolute Gasteiger partial charge is 0.324 e. The van der Waals surface area contributed by atoms with Crippen molar-refractivity contribution in [2.45, 2.75) is 20.9 Å². The standard InChI is InChI=1S/C12H11Cl2N3OS3/c1-6(20-12-17-16-11(19-2)21-12)10(18)15-9-5-7(13)3-4-8(9)14/h3-6H,1-2H3,(H,15,18). The number of rotatable bonds is 5. The molecule has 1 heterocycles. The van der Waals surface area contributed by atoms with Gasteiger partial charge in [0.1, 0.15) is 0 Å². The van der Waals surface area contributed by atoms with Crippen molar-refractivity contribution < 1.29 is 4.79 Å². The average Bonchev–Trinajstić information content (AvgIpc) is 2.90. The molecule has 0 aliphatic rings. The van der Waals surface area contributed by atoms with E-state index in [9.17, 15) is 4.79 Å². The minimum atomic E-state index is -0.317. The first-order valence-corrected chi connectivity index (χ1v) is 9.47. The molecule has 0 saturated carbocycles. The molecule has 0 radical (unpaired) electrons. The van der Waals surface area contributed by atoms with E-state index in [0.717, 1.165) is 8.68 Å². The van der Waals surface area contributed by atoms with Crippen molar-refractivity contribution in [1.29, 1.82) is 0 Å². The van der Waals surface area contributed by atoms with E-state index in [2.05, 4.69) is 15.5 Å². The van der Waals surface area contributed by atoms with Crippen molar-refractivity contribution in [3.8, 4) is 0 Å². The summed E-state index contributed by atoms with van der Waals surface area (Å²) in [5.74, 6) is -0.162. The van der Waals surface area contributed by atoms with Crippen molar-refractivity contribution in [2.24, 2.45) is 0 Å². The number of halogens is 2. The van der Waals surface area contributed by atoms with E-state index in [-0.39, 0.29) is 11.2 Å². The molecule has 0 fully saturated rings. The maximum absolute atomic E-state index is 12.2. The SMILES string of the molecule is CSc1nnc(SC(C)C(=O)Nc2cc(Cl)ccc2Cl)s1. The Morgan fingerprint density at radius 2 is 2.05 bits per heavy atom. The summed E-state index contributed by atoms with van der Waals surface area (Å²) in [4.78, 5) is 12.2. The third kappa shape index (κ3) is 4.75. The maximum atomic E-state index is 12.2. The zero-order chi connectivity index (χ0) is 15.4. The van der Waals surface area contributed by atoms with E-state index < -0.39 is 0 Å². The lowest BCUT2D eigenvalue weighted by Crippen LogP contribution is -2.22. The van der Waals surface area contributed by atoms with Crippen molar-refractivity contribution in [3.05, 3.63) is 28.2 Å². The Kier molecular flexibility index (Phi) is 6.19. The second-order valence-electron chi connectivity index (χ2n) is 3.91. The molecule has 1 unspecified atom stereocenters. The summed E-state index contributed by atoms with van der Waals surface area (Å²) in [6.45, 7) is 1.80. The fourth-order valence-corrected chi connectivity index (χ4v) is 4.28. The Balaban J connectivity index is 2.00. The van der Waals surface area contributed by atoms with Crippen molar-refractivity contribution >= 4 is 69.7 Å². The maximum Gasteiger partial charge on any atom is 0.237 e. The van der Waals surface area contributed by atoms with Gasteiger partial charge in [0.25, 0.3) is 0 Å². The van der Waals surface area contributed by atoms with Gasteiger partial charge >= 0.3 is 0 Å². The zero-order valence-corrected chi connectivity index (χ0v) is 15.1. The number of benzene rings is 1. The first-order chi connectivity index (χ1) is 9.99. The zero-order valence-electron chi connectivity index (χ0n) is 11.1. The van der Waals surface area contributed by atoms with Crippen LogP contribution in [-0.2, 0) is 4.79 Å². The molecule has 21 heavy (non-hydrogen) atoms. The summed E-state index contributed by atoms with van der Waals surface area (Å²) in [7, 11) is 0. The van der Waals surface area contributed by atoms with Crippen LogP contribution in [0.3, 0.4) is 0 Å². The van der Waals surface area contributed by atoms with Gasteiger partial charge in [0.2, 0.25) is 5.91 Å². The van der Waals surface area contributed by atoms with Crippen LogP contribution in [-0.4, -0.2) is 27.6 Å². The molecule has 1 aromatic carbocycles. The van der Waals surface area contributed by atoms with Gasteiger partial charge in [-0.1, -0.05) is 58.1 Å². The molecular formula is C12H11Cl2N3OS3. The highest BCUT2D eigenvalue weighted by Gasteiger charge is 2.18. The van der Waals surface area contributed by atoms with E-state index in [1.807, 2.05) is 6.26 Å². The van der Waals surface area contributed by atoms with Crippen LogP contribution in [0, 0.1) is 0 Å².